The summed E-state index contributed by atoms with van der Waals surface area (Å²) in [7, 11) is 0. The van der Waals surface area contributed by atoms with Crippen molar-refractivity contribution in [2.24, 2.45) is 5.41 Å². The fourth-order valence-electron chi connectivity index (χ4n) is 4.57. The fraction of sp³-hybridized carbons (Fsp3) is 1.00. The van der Waals surface area contributed by atoms with Crippen LogP contribution in [0.15, 0.2) is 0 Å². The summed E-state index contributed by atoms with van der Waals surface area (Å²) < 4.78 is 0. The van der Waals surface area contributed by atoms with Gasteiger partial charge in [-0.2, -0.15) is 0 Å². The Morgan fingerprint density at radius 3 is 2.68 bits per heavy atom. The van der Waals surface area contributed by atoms with Crippen LogP contribution in [0.5, 0.6) is 0 Å². The molecule has 0 aromatic carbocycles. The number of nitrogens with zero attached hydrogens (tertiary/aromatic N) is 1. The van der Waals surface area contributed by atoms with E-state index in [0.717, 1.165) is 18.1 Å². The molecular weight excluding hydrogens is 232 g/mol. The predicted octanol–water partition coefficient (Wildman–Crippen LogP) is 3.56. The Labute approximate surface area is 119 Å². The summed E-state index contributed by atoms with van der Waals surface area (Å²) in [6.07, 6.45) is 12.8. The van der Waals surface area contributed by atoms with Gasteiger partial charge in [0.05, 0.1) is 0 Å². The van der Waals surface area contributed by atoms with Gasteiger partial charge in [-0.15, -0.1) is 0 Å². The maximum absolute atomic E-state index is 4.05. The van der Waals surface area contributed by atoms with Crippen LogP contribution in [0.25, 0.3) is 0 Å². The van der Waals surface area contributed by atoms with E-state index in [1.165, 1.54) is 70.9 Å². The van der Waals surface area contributed by atoms with E-state index in [9.17, 15) is 0 Å². The first kappa shape index (κ1) is 13.9. The minimum absolute atomic E-state index is 0.586. The first-order chi connectivity index (χ1) is 9.14. The number of hydrogen-bond acceptors (Lipinski definition) is 2. The molecule has 110 valence electrons. The molecule has 3 aliphatic rings. The third-order valence-electron chi connectivity index (χ3n) is 5.88. The molecule has 2 aliphatic heterocycles. The van der Waals surface area contributed by atoms with Crippen molar-refractivity contribution < 1.29 is 0 Å². The summed E-state index contributed by atoms with van der Waals surface area (Å²) in [6.45, 7) is 7.61. The van der Waals surface area contributed by atoms with Crippen LogP contribution in [-0.4, -0.2) is 36.1 Å². The molecule has 0 amide bonds. The van der Waals surface area contributed by atoms with E-state index in [1.54, 1.807) is 0 Å². The predicted molar refractivity (Wildman–Crippen MR) is 81.4 cm³/mol. The highest BCUT2D eigenvalue weighted by atomic mass is 15.2. The number of fused-ring (bicyclic) bond motifs is 1. The van der Waals surface area contributed by atoms with Crippen molar-refractivity contribution in [2.75, 3.05) is 13.1 Å². The highest BCUT2D eigenvalue weighted by Crippen LogP contribution is 2.35. The van der Waals surface area contributed by atoms with Gasteiger partial charge in [0, 0.05) is 24.7 Å². The summed E-state index contributed by atoms with van der Waals surface area (Å²) in [5, 5.41) is 4.05. The van der Waals surface area contributed by atoms with Crippen LogP contribution in [0.3, 0.4) is 0 Å². The molecule has 3 unspecified atom stereocenters. The lowest BCUT2D eigenvalue weighted by atomic mass is 9.85. The van der Waals surface area contributed by atoms with Gasteiger partial charge < -0.3 is 5.32 Å². The lowest BCUT2D eigenvalue weighted by Crippen LogP contribution is -2.48. The second-order valence-electron chi connectivity index (χ2n) is 7.95. The molecule has 0 spiro atoms. The van der Waals surface area contributed by atoms with Gasteiger partial charge in [0.15, 0.2) is 0 Å². The molecule has 3 rings (SSSR count). The van der Waals surface area contributed by atoms with E-state index in [1.807, 2.05) is 0 Å². The topological polar surface area (TPSA) is 15.3 Å². The molecule has 0 aromatic rings. The molecule has 1 saturated carbocycles. The van der Waals surface area contributed by atoms with E-state index in [2.05, 4.69) is 24.1 Å². The highest BCUT2D eigenvalue weighted by molar-refractivity contribution is 4.95. The number of hydrogen-bond donors (Lipinski definition) is 1. The zero-order valence-electron chi connectivity index (χ0n) is 13.0. The van der Waals surface area contributed by atoms with Gasteiger partial charge in [0.2, 0.25) is 0 Å². The average Bonchev–Trinajstić information content (AvgIpc) is 2.70. The van der Waals surface area contributed by atoms with E-state index >= 15 is 0 Å². The summed E-state index contributed by atoms with van der Waals surface area (Å²) in [6, 6.07) is 2.46. The van der Waals surface area contributed by atoms with E-state index in [-0.39, 0.29) is 0 Å². The fourth-order valence-corrected chi connectivity index (χ4v) is 4.57. The van der Waals surface area contributed by atoms with Gasteiger partial charge in [-0.05, 0) is 56.9 Å². The number of nitrogens with one attached hydrogen (secondary N) is 1. The molecule has 2 saturated heterocycles. The minimum atomic E-state index is 0.586. The molecule has 0 radical (unpaired) electrons. The Balaban J connectivity index is 1.53. The average molecular weight is 264 g/mol. The lowest BCUT2D eigenvalue weighted by molar-refractivity contribution is 0.174. The quantitative estimate of drug-likeness (QED) is 0.767. The summed E-state index contributed by atoms with van der Waals surface area (Å²) in [4.78, 5) is 2.75. The zero-order chi connectivity index (χ0) is 13.3. The maximum Gasteiger partial charge on any atom is 0.0249 e. The third-order valence-corrected chi connectivity index (χ3v) is 5.88. The Bertz CT molecular complexity index is 300. The van der Waals surface area contributed by atoms with Crippen molar-refractivity contribution in [3.63, 3.8) is 0 Å². The summed E-state index contributed by atoms with van der Waals surface area (Å²) >= 11 is 0. The van der Waals surface area contributed by atoms with Crippen molar-refractivity contribution in [3.8, 4) is 0 Å². The van der Waals surface area contributed by atoms with E-state index < -0.39 is 0 Å². The van der Waals surface area contributed by atoms with Crippen molar-refractivity contribution >= 4 is 0 Å². The van der Waals surface area contributed by atoms with E-state index in [0.29, 0.717) is 5.41 Å². The second-order valence-corrected chi connectivity index (χ2v) is 7.95. The van der Waals surface area contributed by atoms with Gasteiger partial charge in [-0.3, -0.25) is 4.90 Å². The third kappa shape index (κ3) is 3.33. The van der Waals surface area contributed by atoms with E-state index in [4.69, 9.17) is 0 Å². The van der Waals surface area contributed by atoms with Gasteiger partial charge in [-0.1, -0.05) is 26.7 Å². The molecule has 2 heterocycles. The first-order valence-electron chi connectivity index (χ1n) is 8.64. The molecule has 1 N–H and O–H groups in total. The molecule has 0 bridgehead atoms. The number of rotatable bonds is 2. The molecule has 2 nitrogen and oxygen atoms in total. The largest absolute Gasteiger partial charge is 0.310 e. The number of piperidine rings is 1. The van der Waals surface area contributed by atoms with Gasteiger partial charge >= 0.3 is 0 Å². The summed E-state index contributed by atoms with van der Waals surface area (Å²) in [5.41, 5.74) is 0.586. The van der Waals surface area contributed by atoms with Gasteiger partial charge in [0.1, 0.15) is 0 Å². The molecule has 0 aromatic heterocycles. The molecule has 2 heteroatoms. The Morgan fingerprint density at radius 2 is 1.79 bits per heavy atom. The van der Waals surface area contributed by atoms with Crippen molar-refractivity contribution in [1.29, 1.82) is 0 Å². The standard InChI is InChI=1S/C17H32N2/c1-17(2)10-5-6-14(8-11-17)18-15-9-13-19-12-4-3-7-16(15)19/h14-16,18H,3-13H2,1-2H3. The lowest BCUT2D eigenvalue weighted by Gasteiger charge is -2.34. The van der Waals surface area contributed by atoms with Crippen molar-refractivity contribution in [1.82, 2.24) is 10.2 Å². The zero-order valence-corrected chi connectivity index (χ0v) is 13.0. The monoisotopic (exact) mass is 264 g/mol. The Kier molecular flexibility index (Phi) is 4.19. The molecule has 1 aliphatic carbocycles. The van der Waals surface area contributed by atoms with Gasteiger partial charge in [-0.25, -0.2) is 0 Å². The second kappa shape index (κ2) is 5.73. The first-order valence-corrected chi connectivity index (χ1v) is 8.64. The Hall–Kier alpha value is -0.0800. The van der Waals surface area contributed by atoms with Gasteiger partial charge in [0.25, 0.3) is 0 Å². The molecule has 3 fully saturated rings. The molecular formula is C17H32N2. The molecule has 3 atom stereocenters. The van der Waals surface area contributed by atoms with Crippen LogP contribution in [0.1, 0.15) is 71.6 Å². The normalized spacial score (nSPS) is 39.8. The van der Waals surface area contributed by atoms with Crippen LogP contribution >= 0.6 is 0 Å². The molecule has 19 heavy (non-hydrogen) atoms. The minimum Gasteiger partial charge on any atom is -0.310 e. The van der Waals surface area contributed by atoms with Crippen molar-refractivity contribution in [2.45, 2.75) is 89.8 Å². The summed E-state index contributed by atoms with van der Waals surface area (Å²) in [5.74, 6) is 0. The van der Waals surface area contributed by atoms with Crippen LogP contribution in [0, 0.1) is 5.41 Å². The maximum atomic E-state index is 4.05. The smallest absolute Gasteiger partial charge is 0.0249 e. The van der Waals surface area contributed by atoms with Crippen LogP contribution in [-0.2, 0) is 0 Å². The van der Waals surface area contributed by atoms with Crippen LogP contribution in [0.2, 0.25) is 0 Å². The van der Waals surface area contributed by atoms with Crippen LogP contribution < -0.4 is 5.32 Å². The Morgan fingerprint density at radius 1 is 0.895 bits per heavy atom. The van der Waals surface area contributed by atoms with Crippen LogP contribution in [0.4, 0.5) is 0 Å². The SMILES string of the molecule is CC1(C)CCCC(NC2CCN3CCCCC23)CC1. The van der Waals surface area contributed by atoms with Crippen molar-refractivity contribution in [3.05, 3.63) is 0 Å². The highest BCUT2D eigenvalue weighted by Gasteiger charge is 2.36.